The molecule has 8 nitrogen and oxygen atoms in total. The monoisotopic (exact) mass is 477 g/mol. The number of nitrogens with one attached hydrogen (secondary N) is 2. The molecule has 0 saturated carbocycles. The lowest BCUT2D eigenvalue weighted by Crippen LogP contribution is -2.42. The molecule has 3 aromatic rings. The van der Waals surface area contributed by atoms with E-state index in [2.05, 4.69) is 17.6 Å². The molecule has 0 atom stereocenters. The fraction of sp³-hybridized carbons (Fsp3) is 0.296. The summed E-state index contributed by atoms with van der Waals surface area (Å²) in [4.78, 5) is 39.4. The van der Waals surface area contributed by atoms with Crippen molar-refractivity contribution in [2.24, 2.45) is 0 Å². The number of hydrogen-bond donors (Lipinski definition) is 2. The third kappa shape index (κ3) is 8.33. The van der Waals surface area contributed by atoms with Gasteiger partial charge in [-0.25, -0.2) is 0 Å². The van der Waals surface area contributed by atoms with Crippen LogP contribution >= 0.6 is 0 Å². The molecule has 0 saturated heterocycles. The molecule has 0 fully saturated rings. The van der Waals surface area contributed by atoms with Gasteiger partial charge in [0.2, 0.25) is 11.8 Å². The van der Waals surface area contributed by atoms with E-state index in [0.717, 1.165) is 18.4 Å². The lowest BCUT2D eigenvalue weighted by molar-refractivity contribution is -0.124. The molecular weight excluding hydrogens is 446 g/mol. The first-order valence-electron chi connectivity index (χ1n) is 11.6. The second-order valence-electron chi connectivity index (χ2n) is 8.16. The molecule has 0 aliphatic heterocycles. The van der Waals surface area contributed by atoms with Gasteiger partial charge in [-0.1, -0.05) is 25.5 Å². The van der Waals surface area contributed by atoms with E-state index in [1.807, 2.05) is 25.1 Å². The molecule has 35 heavy (non-hydrogen) atoms. The molecule has 8 heteroatoms. The van der Waals surface area contributed by atoms with Crippen molar-refractivity contribution in [2.45, 2.75) is 33.2 Å². The molecule has 2 aromatic carbocycles. The van der Waals surface area contributed by atoms with Gasteiger partial charge in [-0.15, -0.1) is 0 Å². The van der Waals surface area contributed by atoms with Crippen LogP contribution < -0.4 is 15.4 Å². The van der Waals surface area contributed by atoms with E-state index in [4.69, 9.17) is 9.15 Å². The fourth-order valence-electron chi connectivity index (χ4n) is 3.34. The van der Waals surface area contributed by atoms with Gasteiger partial charge in [0.15, 0.2) is 0 Å². The maximum absolute atomic E-state index is 13.2. The number of anilines is 1. The Hall–Kier alpha value is -4.07. The topological polar surface area (TPSA) is 101 Å². The van der Waals surface area contributed by atoms with Gasteiger partial charge < -0.3 is 24.7 Å². The van der Waals surface area contributed by atoms with Crippen LogP contribution in [0.3, 0.4) is 0 Å². The number of amides is 3. The first-order valence-corrected chi connectivity index (χ1v) is 11.6. The predicted molar refractivity (Wildman–Crippen MR) is 133 cm³/mol. The van der Waals surface area contributed by atoms with E-state index in [9.17, 15) is 14.4 Å². The summed E-state index contributed by atoms with van der Waals surface area (Å²) in [7, 11) is 0. The number of aryl methyl sites for hydroxylation is 1. The molecule has 1 aromatic heterocycles. The van der Waals surface area contributed by atoms with Gasteiger partial charge >= 0.3 is 0 Å². The second-order valence-corrected chi connectivity index (χ2v) is 8.16. The van der Waals surface area contributed by atoms with E-state index >= 15 is 0 Å². The lowest BCUT2D eigenvalue weighted by atomic mass is 10.2. The summed E-state index contributed by atoms with van der Waals surface area (Å²) in [6.07, 6.45) is 3.50. The minimum atomic E-state index is -0.455. The summed E-state index contributed by atoms with van der Waals surface area (Å²) < 4.78 is 11.0. The van der Waals surface area contributed by atoms with E-state index < -0.39 is 5.91 Å². The van der Waals surface area contributed by atoms with E-state index in [0.29, 0.717) is 29.4 Å². The number of benzene rings is 2. The molecule has 0 bridgehead atoms. The Kier molecular flexibility index (Phi) is 9.48. The van der Waals surface area contributed by atoms with Crippen molar-refractivity contribution in [3.8, 4) is 5.75 Å². The van der Waals surface area contributed by atoms with Gasteiger partial charge in [-0.2, -0.15) is 0 Å². The maximum atomic E-state index is 13.2. The van der Waals surface area contributed by atoms with Crippen LogP contribution in [-0.4, -0.2) is 42.3 Å². The predicted octanol–water partition coefficient (Wildman–Crippen LogP) is 4.16. The van der Waals surface area contributed by atoms with Crippen molar-refractivity contribution in [1.29, 1.82) is 0 Å². The summed E-state index contributed by atoms with van der Waals surface area (Å²) in [5.41, 5.74) is 2.09. The summed E-state index contributed by atoms with van der Waals surface area (Å²) in [5.74, 6) is 0.0871. The number of ether oxygens (including phenoxy) is 1. The number of carbonyl (C=O) groups excluding carboxylic acids is 3. The number of hydrogen-bond acceptors (Lipinski definition) is 5. The maximum Gasteiger partial charge on any atom is 0.254 e. The molecule has 2 N–H and O–H groups in total. The number of unbranched alkanes of at least 4 members (excludes halogenated alkanes) is 1. The van der Waals surface area contributed by atoms with Crippen LogP contribution in [0.2, 0.25) is 0 Å². The van der Waals surface area contributed by atoms with Gasteiger partial charge in [0.1, 0.15) is 18.1 Å². The highest BCUT2D eigenvalue weighted by molar-refractivity contribution is 5.98. The fourth-order valence-corrected chi connectivity index (χ4v) is 3.34. The van der Waals surface area contributed by atoms with Crippen molar-refractivity contribution in [1.82, 2.24) is 10.2 Å². The zero-order chi connectivity index (χ0) is 25.0. The standard InChI is InChI=1S/C27H31N3O5/c1-3-4-14-34-23-12-10-21(11-13-23)27(33)30(18-24-9-6-15-35-24)19-26(32)28-17-25(31)29-22-8-5-7-20(2)16-22/h5-13,15-16H,3-4,14,17-19H2,1-2H3,(H,28,32)(H,29,31). The Morgan fingerprint density at radius 3 is 2.49 bits per heavy atom. The van der Waals surface area contributed by atoms with E-state index in [1.54, 1.807) is 42.5 Å². The summed E-state index contributed by atoms with van der Waals surface area (Å²) in [6.45, 7) is 4.31. The number of furan rings is 1. The van der Waals surface area contributed by atoms with Crippen molar-refractivity contribution >= 4 is 23.4 Å². The smallest absolute Gasteiger partial charge is 0.254 e. The third-order valence-electron chi connectivity index (χ3n) is 5.16. The van der Waals surface area contributed by atoms with Crippen molar-refractivity contribution in [3.05, 3.63) is 83.8 Å². The van der Waals surface area contributed by atoms with Crippen LogP contribution in [0.4, 0.5) is 5.69 Å². The van der Waals surface area contributed by atoms with Gasteiger partial charge in [0.25, 0.3) is 5.91 Å². The van der Waals surface area contributed by atoms with Gasteiger partial charge in [0.05, 0.1) is 26.0 Å². The lowest BCUT2D eigenvalue weighted by Gasteiger charge is -2.21. The van der Waals surface area contributed by atoms with E-state index in [-0.39, 0.29) is 31.4 Å². The van der Waals surface area contributed by atoms with Crippen LogP contribution in [0.25, 0.3) is 0 Å². The summed E-state index contributed by atoms with van der Waals surface area (Å²) in [5, 5.41) is 5.31. The number of nitrogens with zero attached hydrogens (tertiary/aromatic N) is 1. The van der Waals surface area contributed by atoms with Gasteiger partial charge in [0, 0.05) is 11.3 Å². The highest BCUT2D eigenvalue weighted by Gasteiger charge is 2.21. The first-order chi connectivity index (χ1) is 16.9. The number of carbonyl (C=O) groups is 3. The molecule has 0 aliphatic carbocycles. The Balaban J connectivity index is 1.59. The summed E-state index contributed by atoms with van der Waals surface area (Å²) >= 11 is 0. The number of rotatable bonds is 12. The molecule has 0 spiro atoms. The molecular formula is C27H31N3O5. The molecule has 1 heterocycles. The Morgan fingerprint density at radius 2 is 1.80 bits per heavy atom. The Bertz CT molecular complexity index is 1110. The van der Waals surface area contributed by atoms with Crippen LogP contribution in [0.1, 0.15) is 41.4 Å². The van der Waals surface area contributed by atoms with E-state index in [1.165, 1.54) is 11.2 Å². The summed E-state index contributed by atoms with van der Waals surface area (Å²) in [6, 6.07) is 17.7. The van der Waals surface area contributed by atoms with Gasteiger partial charge in [-0.3, -0.25) is 14.4 Å². The quantitative estimate of drug-likeness (QED) is 0.382. The molecule has 3 amide bonds. The molecule has 0 unspecified atom stereocenters. The van der Waals surface area contributed by atoms with Crippen LogP contribution in [0.5, 0.6) is 5.75 Å². The second kappa shape index (κ2) is 13.0. The SMILES string of the molecule is CCCCOc1ccc(C(=O)N(CC(=O)NCC(=O)Nc2cccc(C)c2)Cc2ccco2)cc1. The minimum Gasteiger partial charge on any atom is -0.494 e. The minimum absolute atomic E-state index is 0.115. The Labute approximate surface area is 205 Å². The average molecular weight is 478 g/mol. The zero-order valence-corrected chi connectivity index (χ0v) is 20.1. The average Bonchev–Trinajstić information content (AvgIpc) is 3.36. The van der Waals surface area contributed by atoms with Crippen molar-refractivity contribution < 1.29 is 23.5 Å². The van der Waals surface area contributed by atoms with Crippen molar-refractivity contribution in [2.75, 3.05) is 25.0 Å². The normalized spacial score (nSPS) is 10.5. The largest absolute Gasteiger partial charge is 0.494 e. The zero-order valence-electron chi connectivity index (χ0n) is 20.1. The molecule has 184 valence electrons. The van der Waals surface area contributed by atoms with Crippen LogP contribution in [0.15, 0.2) is 71.3 Å². The molecule has 3 rings (SSSR count). The highest BCUT2D eigenvalue weighted by Crippen LogP contribution is 2.16. The molecule has 0 aliphatic rings. The molecule has 0 radical (unpaired) electrons. The van der Waals surface area contributed by atoms with Crippen LogP contribution in [-0.2, 0) is 16.1 Å². The van der Waals surface area contributed by atoms with Gasteiger partial charge in [-0.05, 0) is 67.4 Å². The van der Waals surface area contributed by atoms with Crippen molar-refractivity contribution in [3.63, 3.8) is 0 Å². The first kappa shape index (κ1) is 25.6. The van der Waals surface area contributed by atoms with Crippen LogP contribution in [0, 0.1) is 6.92 Å². The third-order valence-corrected chi connectivity index (χ3v) is 5.16. The Morgan fingerprint density at radius 1 is 1.00 bits per heavy atom. The highest BCUT2D eigenvalue weighted by atomic mass is 16.5.